The number of fused-ring (bicyclic) bond motifs is 1. The molecule has 0 saturated carbocycles. The lowest BCUT2D eigenvalue weighted by Gasteiger charge is -2.26. The van der Waals surface area contributed by atoms with Gasteiger partial charge in [-0.25, -0.2) is 0 Å². The van der Waals surface area contributed by atoms with Gasteiger partial charge in [0.15, 0.2) is 0 Å². The minimum atomic E-state index is 0.135. The van der Waals surface area contributed by atoms with Gasteiger partial charge >= 0.3 is 0 Å². The molecule has 0 spiro atoms. The largest absolute Gasteiger partial charge is 0.385 e. The van der Waals surface area contributed by atoms with Crippen LogP contribution in [-0.4, -0.2) is 19.5 Å². The lowest BCUT2D eigenvalue weighted by atomic mass is 9.87. The highest BCUT2D eigenvalue weighted by atomic mass is 16.1. The Morgan fingerprint density at radius 3 is 3.12 bits per heavy atom. The van der Waals surface area contributed by atoms with Crippen molar-refractivity contribution in [1.82, 2.24) is 5.32 Å². The maximum atomic E-state index is 11.2. The summed E-state index contributed by atoms with van der Waals surface area (Å²) in [5.41, 5.74) is 2.59. The zero-order valence-corrected chi connectivity index (χ0v) is 9.62. The number of carbonyl (C=O) groups excluding carboxylic acids is 1. The number of hydrogen-bond acceptors (Lipinski definition) is 2. The summed E-state index contributed by atoms with van der Waals surface area (Å²) < 4.78 is 0. The summed E-state index contributed by atoms with van der Waals surface area (Å²) in [6.45, 7) is 1.01. The molecule has 16 heavy (non-hydrogen) atoms. The van der Waals surface area contributed by atoms with Crippen LogP contribution >= 0.6 is 0 Å². The Morgan fingerprint density at radius 2 is 2.31 bits per heavy atom. The average Bonchev–Trinajstić information content (AvgIpc) is 2.35. The molecule has 2 rings (SSSR count). The third kappa shape index (κ3) is 2.35. The number of para-hydroxylation sites is 1. The molecule has 0 unspecified atom stereocenters. The zero-order chi connectivity index (χ0) is 11.4. The molecule has 1 heterocycles. The Bertz CT molecular complexity index is 376. The van der Waals surface area contributed by atoms with Crippen molar-refractivity contribution in [2.45, 2.75) is 25.2 Å². The van der Waals surface area contributed by atoms with Gasteiger partial charge in [-0.1, -0.05) is 18.2 Å². The Hall–Kier alpha value is -1.51. The van der Waals surface area contributed by atoms with Gasteiger partial charge in [-0.3, -0.25) is 4.79 Å². The zero-order valence-electron chi connectivity index (χ0n) is 9.62. The normalized spacial score (nSPS) is 18.4. The summed E-state index contributed by atoms with van der Waals surface area (Å²) in [6, 6.07) is 8.39. The summed E-state index contributed by atoms with van der Waals surface area (Å²) in [6.07, 6.45) is 2.68. The lowest BCUT2D eigenvalue weighted by Crippen LogP contribution is -2.21. The molecule has 1 aliphatic heterocycles. The number of carbonyl (C=O) groups is 1. The molecule has 1 aliphatic rings. The molecule has 1 atom stereocenters. The molecule has 0 fully saturated rings. The second kappa shape index (κ2) is 5.01. The molecule has 1 aromatic carbocycles. The van der Waals surface area contributed by atoms with Gasteiger partial charge in [0, 0.05) is 25.7 Å². The van der Waals surface area contributed by atoms with Gasteiger partial charge < -0.3 is 10.6 Å². The van der Waals surface area contributed by atoms with Crippen molar-refractivity contribution in [3.63, 3.8) is 0 Å². The van der Waals surface area contributed by atoms with Crippen LogP contribution in [0, 0.1) is 0 Å². The summed E-state index contributed by atoms with van der Waals surface area (Å²) in [4.78, 5) is 11.2. The first kappa shape index (κ1) is 11.0. The molecule has 0 radical (unpaired) electrons. The Kier molecular flexibility index (Phi) is 3.44. The standard InChI is InChI=1S/C13H18N2O/c1-14-13(16)7-6-10-8-9-15-12-5-3-2-4-11(10)12/h2-5,10,15H,6-9H2,1H3,(H,14,16)/t10-/m1/s1. The van der Waals surface area contributed by atoms with Crippen molar-refractivity contribution in [3.8, 4) is 0 Å². The summed E-state index contributed by atoms with van der Waals surface area (Å²) in [5, 5.41) is 6.07. The third-order valence-electron chi connectivity index (χ3n) is 3.21. The molecule has 3 heteroatoms. The molecule has 0 bridgehead atoms. The molecule has 0 saturated heterocycles. The van der Waals surface area contributed by atoms with E-state index >= 15 is 0 Å². The summed E-state index contributed by atoms with van der Waals surface area (Å²) in [5.74, 6) is 0.658. The summed E-state index contributed by atoms with van der Waals surface area (Å²) in [7, 11) is 1.69. The molecule has 1 amide bonds. The van der Waals surface area contributed by atoms with Gasteiger partial charge in [-0.05, 0) is 30.4 Å². The fraction of sp³-hybridized carbons (Fsp3) is 0.462. The van der Waals surface area contributed by atoms with Crippen molar-refractivity contribution in [3.05, 3.63) is 29.8 Å². The molecule has 0 aromatic heterocycles. The van der Waals surface area contributed by atoms with Gasteiger partial charge in [0.1, 0.15) is 0 Å². The Labute approximate surface area is 96.2 Å². The molecule has 0 aliphatic carbocycles. The van der Waals surface area contributed by atoms with Crippen molar-refractivity contribution < 1.29 is 4.79 Å². The first-order chi connectivity index (χ1) is 7.81. The van der Waals surface area contributed by atoms with Gasteiger partial charge in [0.2, 0.25) is 5.91 Å². The van der Waals surface area contributed by atoms with Crippen molar-refractivity contribution in [1.29, 1.82) is 0 Å². The highest BCUT2D eigenvalue weighted by Crippen LogP contribution is 2.34. The van der Waals surface area contributed by atoms with E-state index in [0.29, 0.717) is 12.3 Å². The predicted molar refractivity (Wildman–Crippen MR) is 65.6 cm³/mol. The highest BCUT2D eigenvalue weighted by Gasteiger charge is 2.19. The van der Waals surface area contributed by atoms with Gasteiger partial charge in [-0.2, -0.15) is 0 Å². The van der Waals surface area contributed by atoms with Gasteiger partial charge in [0.25, 0.3) is 0 Å². The number of nitrogens with one attached hydrogen (secondary N) is 2. The van der Waals surface area contributed by atoms with Crippen LogP contribution in [0.5, 0.6) is 0 Å². The fourth-order valence-electron chi connectivity index (χ4n) is 2.28. The molecule has 2 N–H and O–H groups in total. The van der Waals surface area contributed by atoms with E-state index in [4.69, 9.17) is 0 Å². The van der Waals surface area contributed by atoms with E-state index in [0.717, 1.165) is 19.4 Å². The van der Waals surface area contributed by atoms with Crippen LogP contribution in [0.4, 0.5) is 5.69 Å². The van der Waals surface area contributed by atoms with Crippen LogP contribution in [-0.2, 0) is 4.79 Å². The second-order valence-corrected chi connectivity index (χ2v) is 4.21. The van der Waals surface area contributed by atoms with E-state index in [-0.39, 0.29) is 5.91 Å². The van der Waals surface area contributed by atoms with E-state index in [2.05, 4.69) is 28.8 Å². The maximum Gasteiger partial charge on any atom is 0.219 e. The van der Waals surface area contributed by atoms with E-state index in [1.165, 1.54) is 11.3 Å². The molecule has 86 valence electrons. The Balaban J connectivity index is 2.04. The number of benzene rings is 1. The topological polar surface area (TPSA) is 41.1 Å². The minimum absolute atomic E-state index is 0.135. The monoisotopic (exact) mass is 218 g/mol. The van der Waals surface area contributed by atoms with Crippen LogP contribution in [0.3, 0.4) is 0 Å². The van der Waals surface area contributed by atoms with Gasteiger partial charge in [0.05, 0.1) is 0 Å². The number of anilines is 1. The van der Waals surface area contributed by atoms with Crippen LogP contribution in [0.25, 0.3) is 0 Å². The smallest absolute Gasteiger partial charge is 0.219 e. The third-order valence-corrected chi connectivity index (χ3v) is 3.21. The van der Waals surface area contributed by atoms with Crippen LogP contribution in [0.2, 0.25) is 0 Å². The van der Waals surface area contributed by atoms with E-state index in [9.17, 15) is 4.79 Å². The van der Waals surface area contributed by atoms with Gasteiger partial charge in [-0.15, -0.1) is 0 Å². The van der Waals surface area contributed by atoms with E-state index in [1.54, 1.807) is 7.05 Å². The Morgan fingerprint density at radius 1 is 1.50 bits per heavy atom. The molecule has 3 nitrogen and oxygen atoms in total. The van der Waals surface area contributed by atoms with E-state index < -0.39 is 0 Å². The number of amides is 1. The maximum absolute atomic E-state index is 11.2. The van der Waals surface area contributed by atoms with Crippen molar-refractivity contribution >= 4 is 11.6 Å². The highest BCUT2D eigenvalue weighted by molar-refractivity contribution is 5.75. The first-order valence-corrected chi connectivity index (χ1v) is 5.84. The summed E-state index contributed by atoms with van der Waals surface area (Å²) >= 11 is 0. The average molecular weight is 218 g/mol. The van der Waals surface area contributed by atoms with Crippen LogP contribution < -0.4 is 10.6 Å². The predicted octanol–water partition coefficient (Wildman–Crippen LogP) is 2.11. The fourth-order valence-corrected chi connectivity index (χ4v) is 2.28. The van der Waals surface area contributed by atoms with Crippen molar-refractivity contribution in [2.24, 2.45) is 0 Å². The van der Waals surface area contributed by atoms with E-state index in [1.807, 2.05) is 6.07 Å². The number of hydrogen-bond donors (Lipinski definition) is 2. The molecular weight excluding hydrogens is 200 g/mol. The van der Waals surface area contributed by atoms with Crippen LogP contribution in [0.1, 0.15) is 30.7 Å². The quantitative estimate of drug-likeness (QED) is 0.816. The SMILES string of the molecule is CNC(=O)CC[C@@H]1CCNc2ccccc21. The number of rotatable bonds is 3. The minimum Gasteiger partial charge on any atom is -0.385 e. The molecular formula is C13H18N2O. The first-order valence-electron chi connectivity index (χ1n) is 5.84. The second-order valence-electron chi connectivity index (χ2n) is 4.21. The van der Waals surface area contributed by atoms with Crippen molar-refractivity contribution in [2.75, 3.05) is 18.9 Å². The van der Waals surface area contributed by atoms with Crippen LogP contribution in [0.15, 0.2) is 24.3 Å². The lowest BCUT2D eigenvalue weighted by molar-refractivity contribution is -0.120. The molecule has 1 aromatic rings.